The molecule has 0 aromatic heterocycles. The van der Waals surface area contributed by atoms with Gasteiger partial charge < -0.3 is 4.74 Å². The number of ether oxygens (including phenoxy) is 1. The molecule has 1 atom stereocenters. The average molecular weight is 256 g/mol. The second-order valence-electron chi connectivity index (χ2n) is 4.73. The van der Waals surface area contributed by atoms with Crippen molar-refractivity contribution in [2.75, 3.05) is 0 Å². The maximum Gasteiger partial charge on any atom is 0.170 e. The van der Waals surface area contributed by atoms with Crippen molar-refractivity contribution >= 4 is 5.78 Å². The number of carbonyl (C=O) groups excluding carboxylic acids is 1. The van der Waals surface area contributed by atoms with E-state index in [0.717, 1.165) is 11.1 Å². The van der Waals surface area contributed by atoms with Crippen molar-refractivity contribution in [3.05, 3.63) is 65.0 Å². The minimum atomic E-state index is -0.331. The molecule has 0 amide bonds. The summed E-state index contributed by atoms with van der Waals surface area (Å²) in [5, 5.41) is 0. The first-order valence-electron chi connectivity index (χ1n) is 6.20. The molecule has 1 aliphatic heterocycles. The highest BCUT2D eigenvalue weighted by molar-refractivity contribution is 5.99. The second-order valence-corrected chi connectivity index (χ2v) is 4.73. The Balaban J connectivity index is 1.99. The molecule has 0 saturated heterocycles. The summed E-state index contributed by atoms with van der Waals surface area (Å²) >= 11 is 0. The van der Waals surface area contributed by atoms with Crippen LogP contribution in [0, 0.1) is 12.7 Å². The van der Waals surface area contributed by atoms with Gasteiger partial charge in [0.05, 0.1) is 12.0 Å². The van der Waals surface area contributed by atoms with Crippen LogP contribution >= 0.6 is 0 Å². The van der Waals surface area contributed by atoms with E-state index in [1.165, 1.54) is 12.1 Å². The van der Waals surface area contributed by atoms with Crippen LogP contribution in [-0.4, -0.2) is 5.78 Å². The number of hydrogen-bond acceptors (Lipinski definition) is 2. The fourth-order valence-electron chi connectivity index (χ4n) is 2.45. The summed E-state index contributed by atoms with van der Waals surface area (Å²) in [4.78, 5) is 12.1. The summed E-state index contributed by atoms with van der Waals surface area (Å²) in [6.07, 6.45) is -0.0354. The Labute approximate surface area is 110 Å². The molecule has 0 bridgehead atoms. The lowest BCUT2D eigenvalue weighted by Crippen LogP contribution is -2.21. The van der Waals surface area contributed by atoms with Crippen molar-refractivity contribution in [3.8, 4) is 5.75 Å². The topological polar surface area (TPSA) is 26.3 Å². The van der Waals surface area contributed by atoms with Crippen LogP contribution in [0.1, 0.15) is 34.0 Å². The summed E-state index contributed by atoms with van der Waals surface area (Å²) in [6, 6.07) is 11.8. The van der Waals surface area contributed by atoms with Gasteiger partial charge in [-0.25, -0.2) is 4.39 Å². The molecular formula is C16H13FO2. The molecule has 0 saturated carbocycles. The van der Waals surface area contributed by atoms with Gasteiger partial charge in [0, 0.05) is 0 Å². The number of ketones is 1. The fraction of sp³-hybridized carbons (Fsp3) is 0.188. The molecule has 19 heavy (non-hydrogen) atoms. The van der Waals surface area contributed by atoms with Crippen LogP contribution in [0.5, 0.6) is 5.75 Å². The first kappa shape index (κ1) is 11.9. The van der Waals surface area contributed by atoms with E-state index in [0.29, 0.717) is 17.7 Å². The monoisotopic (exact) mass is 256 g/mol. The first-order chi connectivity index (χ1) is 9.15. The highest BCUT2D eigenvalue weighted by Crippen LogP contribution is 2.35. The van der Waals surface area contributed by atoms with Gasteiger partial charge in [0.1, 0.15) is 17.7 Å². The number of carbonyl (C=O) groups is 1. The van der Waals surface area contributed by atoms with E-state index in [4.69, 9.17) is 4.74 Å². The standard InChI is InChI=1S/C16H13FO2/c1-10-8-11(17)6-7-12(10)16-9-14(18)13-4-2-3-5-15(13)19-16/h2-8,16H,9H2,1H3. The largest absolute Gasteiger partial charge is 0.484 e. The SMILES string of the molecule is Cc1cc(F)ccc1C1CC(=O)c2ccccc2O1. The van der Waals surface area contributed by atoms with E-state index < -0.39 is 0 Å². The predicted molar refractivity (Wildman–Crippen MR) is 69.9 cm³/mol. The van der Waals surface area contributed by atoms with E-state index in [1.54, 1.807) is 18.2 Å². The average Bonchev–Trinajstić information content (AvgIpc) is 2.38. The number of fused-ring (bicyclic) bond motifs is 1. The maximum atomic E-state index is 13.1. The molecule has 1 aliphatic rings. The molecular weight excluding hydrogens is 243 g/mol. The lowest BCUT2D eigenvalue weighted by atomic mass is 9.94. The van der Waals surface area contributed by atoms with Crippen LogP contribution in [-0.2, 0) is 0 Å². The summed E-state index contributed by atoms with van der Waals surface area (Å²) in [5.74, 6) is 0.395. The molecule has 3 heteroatoms. The maximum absolute atomic E-state index is 13.1. The number of aryl methyl sites for hydroxylation is 1. The molecule has 0 radical (unpaired) electrons. The van der Waals surface area contributed by atoms with E-state index in [2.05, 4.69) is 0 Å². The molecule has 1 unspecified atom stereocenters. The third-order valence-corrected chi connectivity index (χ3v) is 3.41. The Hall–Kier alpha value is -2.16. The van der Waals surface area contributed by atoms with E-state index in [-0.39, 0.29) is 17.7 Å². The molecule has 1 heterocycles. The molecule has 2 aromatic rings. The normalized spacial score (nSPS) is 17.8. The van der Waals surface area contributed by atoms with Gasteiger partial charge in [-0.05, 0) is 42.3 Å². The number of rotatable bonds is 1. The molecule has 96 valence electrons. The number of hydrogen-bond donors (Lipinski definition) is 0. The third-order valence-electron chi connectivity index (χ3n) is 3.41. The zero-order valence-corrected chi connectivity index (χ0v) is 10.5. The van der Waals surface area contributed by atoms with Crippen molar-refractivity contribution in [1.29, 1.82) is 0 Å². The van der Waals surface area contributed by atoms with Crippen molar-refractivity contribution in [2.24, 2.45) is 0 Å². The highest BCUT2D eigenvalue weighted by atomic mass is 19.1. The lowest BCUT2D eigenvalue weighted by Gasteiger charge is -2.26. The Morgan fingerprint density at radius 1 is 1.21 bits per heavy atom. The summed E-state index contributed by atoms with van der Waals surface area (Å²) in [7, 11) is 0. The van der Waals surface area contributed by atoms with Crippen molar-refractivity contribution < 1.29 is 13.9 Å². The molecule has 0 spiro atoms. The van der Waals surface area contributed by atoms with Crippen molar-refractivity contribution in [3.63, 3.8) is 0 Å². The van der Waals surface area contributed by atoms with Crippen molar-refractivity contribution in [2.45, 2.75) is 19.4 Å². The quantitative estimate of drug-likeness (QED) is 0.774. The van der Waals surface area contributed by atoms with Crippen LogP contribution in [0.3, 0.4) is 0 Å². The van der Waals surface area contributed by atoms with E-state index in [9.17, 15) is 9.18 Å². The zero-order chi connectivity index (χ0) is 13.4. The minimum absolute atomic E-state index is 0.0653. The molecule has 0 fully saturated rings. The molecule has 0 N–H and O–H groups in total. The van der Waals surface area contributed by atoms with Gasteiger partial charge in [0.25, 0.3) is 0 Å². The van der Waals surface area contributed by atoms with Gasteiger partial charge in [-0.15, -0.1) is 0 Å². The van der Waals surface area contributed by atoms with Gasteiger partial charge >= 0.3 is 0 Å². The number of benzene rings is 2. The molecule has 0 aliphatic carbocycles. The number of Topliss-reactive ketones (excluding diaryl/α,β-unsaturated/α-hetero) is 1. The summed E-state index contributed by atoms with van der Waals surface area (Å²) in [6.45, 7) is 1.83. The van der Waals surface area contributed by atoms with Crippen LogP contribution < -0.4 is 4.74 Å². The smallest absolute Gasteiger partial charge is 0.170 e. The van der Waals surface area contributed by atoms with Crippen LogP contribution in [0.15, 0.2) is 42.5 Å². The minimum Gasteiger partial charge on any atom is -0.484 e. The van der Waals surface area contributed by atoms with Gasteiger partial charge in [0.2, 0.25) is 0 Å². The molecule has 2 aromatic carbocycles. The number of para-hydroxylation sites is 1. The van der Waals surface area contributed by atoms with Crippen LogP contribution in [0.4, 0.5) is 4.39 Å². The third kappa shape index (κ3) is 2.12. The first-order valence-corrected chi connectivity index (χ1v) is 6.20. The predicted octanol–water partition coefficient (Wildman–Crippen LogP) is 3.84. The summed E-state index contributed by atoms with van der Waals surface area (Å²) in [5.41, 5.74) is 2.29. The fourth-order valence-corrected chi connectivity index (χ4v) is 2.45. The Bertz CT molecular complexity index is 649. The molecule has 3 rings (SSSR count). The lowest BCUT2D eigenvalue weighted by molar-refractivity contribution is 0.0849. The Morgan fingerprint density at radius 2 is 2.00 bits per heavy atom. The van der Waals surface area contributed by atoms with Crippen LogP contribution in [0.2, 0.25) is 0 Å². The molecule has 2 nitrogen and oxygen atoms in total. The second kappa shape index (κ2) is 4.50. The zero-order valence-electron chi connectivity index (χ0n) is 10.5. The van der Waals surface area contributed by atoms with Gasteiger partial charge in [0.15, 0.2) is 5.78 Å². The number of halogens is 1. The van der Waals surface area contributed by atoms with Crippen molar-refractivity contribution in [1.82, 2.24) is 0 Å². The Kier molecular flexibility index (Phi) is 2.82. The highest BCUT2D eigenvalue weighted by Gasteiger charge is 2.28. The Morgan fingerprint density at radius 3 is 2.79 bits per heavy atom. The van der Waals surface area contributed by atoms with Gasteiger partial charge in [-0.2, -0.15) is 0 Å². The van der Waals surface area contributed by atoms with Gasteiger partial charge in [-0.1, -0.05) is 18.2 Å². The van der Waals surface area contributed by atoms with Gasteiger partial charge in [-0.3, -0.25) is 4.79 Å². The van der Waals surface area contributed by atoms with E-state index >= 15 is 0 Å². The van der Waals surface area contributed by atoms with Crippen LogP contribution in [0.25, 0.3) is 0 Å². The van der Waals surface area contributed by atoms with E-state index in [1.807, 2.05) is 19.1 Å². The summed E-state index contributed by atoms with van der Waals surface area (Å²) < 4.78 is 19.0.